The molecule has 1 amide bonds. The highest BCUT2D eigenvalue weighted by molar-refractivity contribution is 5.88. The molecule has 0 aromatic heterocycles. The molecule has 4 rings (SSSR count). The molecule has 0 radical (unpaired) electrons. The average Bonchev–Trinajstić information content (AvgIpc) is 2.55. The van der Waals surface area contributed by atoms with Crippen LogP contribution in [0.3, 0.4) is 0 Å². The number of fused-ring (bicyclic) bond motifs is 3. The highest BCUT2D eigenvalue weighted by Crippen LogP contribution is 2.36. The Hall–Kier alpha value is -1.79. The zero-order valence-corrected chi connectivity index (χ0v) is 14.3. The van der Waals surface area contributed by atoms with E-state index in [4.69, 9.17) is 4.74 Å². The fourth-order valence-corrected chi connectivity index (χ4v) is 3.83. The van der Waals surface area contributed by atoms with Crippen LogP contribution in [0, 0.1) is 5.92 Å². The van der Waals surface area contributed by atoms with Crippen LogP contribution >= 0.6 is 0 Å². The van der Waals surface area contributed by atoms with Gasteiger partial charge in [0.15, 0.2) is 0 Å². The number of carbonyl (C=O) groups is 1. The summed E-state index contributed by atoms with van der Waals surface area (Å²) < 4.78 is 6.01. The first-order valence-corrected chi connectivity index (χ1v) is 8.59. The van der Waals surface area contributed by atoms with E-state index in [1.807, 2.05) is 24.3 Å². The second-order valence-corrected chi connectivity index (χ2v) is 6.94. The molecule has 5 nitrogen and oxygen atoms in total. The average molecular weight is 344 g/mol. The van der Waals surface area contributed by atoms with Crippen molar-refractivity contribution in [2.45, 2.75) is 31.8 Å². The van der Waals surface area contributed by atoms with E-state index in [9.17, 15) is 9.90 Å². The maximum absolute atomic E-state index is 11.2. The zero-order chi connectivity index (χ0) is 17.2. The second-order valence-electron chi connectivity index (χ2n) is 6.94. The number of hydrogen-bond donors (Lipinski definition) is 2. The summed E-state index contributed by atoms with van der Waals surface area (Å²) in [6.07, 6.45) is 4.54. The summed E-state index contributed by atoms with van der Waals surface area (Å²) in [4.78, 5) is 13.5. The summed E-state index contributed by atoms with van der Waals surface area (Å²) in [5.41, 5.74) is 0.938. The summed E-state index contributed by atoms with van der Waals surface area (Å²) in [5, 5.41) is 13.8. The van der Waals surface area contributed by atoms with Crippen molar-refractivity contribution < 1.29 is 14.6 Å². The Morgan fingerprint density at radius 3 is 2.76 bits per heavy atom. The molecule has 2 bridgehead atoms. The third kappa shape index (κ3) is 4.44. The number of rotatable bonds is 6. The van der Waals surface area contributed by atoms with Gasteiger partial charge in [-0.1, -0.05) is 6.08 Å². The lowest BCUT2D eigenvalue weighted by molar-refractivity contribution is -0.131. The fourth-order valence-electron chi connectivity index (χ4n) is 3.83. The van der Waals surface area contributed by atoms with Crippen molar-refractivity contribution in [3.05, 3.63) is 36.4 Å². The van der Waals surface area contributed by atoms with Gasteiger partial charge in [-0.3, -0.25) is 4.79 Å². The summed E-state index contributed by atoms with van der Waals surface area (Å²) in [6.45, 7) is 8.43. The summed E-state index contributed by atoms with van der Waals surface area (Å²) in [6, 6.07) is 5.58. The van der Waals surface area contributed by atoms with E-state index in [0.717, 1.165) is 42.9 Å². The smallest absolute Gasteiger partial charge is 0.221 e. The second kappa shape index (κ2) is 8.06. The Balaban J connectivity index is 0.00000225. The van der Waals surface area contributed by atoms with Crippen LogP contribution in [-0.2, 0) is 11.2 Å². The SMILES string of the molecule is B.C=CCc1cc(NC(C)=O)ccc1OCC1(O)CN2CCC1CC2. The zero-order valence-electron chi connectivity index (χ0n) is 14.3. The molecule has 3 aliphatic heterocycles. The number of aliphatic hydroxyl groups is 1. The number of nitrogens with one attached hydrogen (secondary N) is 1. The topological polar surface area (TPSA) is 61.8 Å². The van der Waals surface area contributed by atoms with Gasteiger partial charge in [0.25, 0.3) is 0 Å². The van der Waals surface area contributed by atoms with Crippen molar-refractivity contribution in [3.8, 4) is 5.75 Å². The van der Waals surface area contributed by atoms with E-state index in [1.165, 1.54) is 6.92 Å². The van der Waals surface area contributed by atoms with E-state index in [0.29, 0.717) is 25.5 Å². The first-order valence-electron chi connectivity index (χ1n) is 8.59. The molecule has 2 N–H and O–H groups in total. The molecule has 3 fully saturated rings. The predicted octanol–water partition coefficient (Wildman–Crippen LogP) is 1.03. The lowest BCUT2D eigenvalue weighted by atomic mass is 9.76. The number of ether oxygens (including phenoxy) is 1. The molecule has 3 heterocycles. The quantitative estimate of drug-likeness (QED) is 0.598. The van der Waals surface area contributed by atoms with Crippen LogP contribution in [0.15, 0.2) is 30.9 Å². The normalized spacial score (nSPS) is 27.3. The number of hydrogen-bond acceptors (Lipinski definition) is 4. The molecule has 0 spiro atoms. The van der Waals surface area contributed by atoms with Crippen molar-refractivity contribution in [2.24, 2.45) is 5.92 Å². The monoisotopic (exact) mass is 344 g/mol. The molecule has 1 aromatic rings. The lowest BCUT2D eigenvalue weighted by Crippen LogP contribution is -2.61. The number of carbonyl (C=O) groups excluding carboxylic acids is 1. The molecule has 0 aliphatic carbocycles. The molecule has 3 aliphatic rings. The number of anilines is 1. The molecule has 3 saturated heterocycles. The number of benzene rings is 1. The Kier molecular flexibility index (Phi) is 6.30. The van der Waals surface area contributed by atoms with Gasteiger partial charge in [-0.2, -0.15) is 0 Å². The number of allylic oxidation sites excluding steroid dienone is 1. The minimum absolute atomic E-state index is 0. The van der Waals surface area contributed by atoms with Gasteiger partial charge < -0.3 is 20.1 Å². The fraction of sp³-hybridized carbons (Fsp3) is 0.526. The molecule has 6 heteroatoms. The molecular formula is C19H29BN2O3. The molecule has 136 valence electrons. The van der Waals surface area contributed by atoms with Crippen LogP contribution in [0.5, 0.6) is 5.75 Å². The van der Waals surface area contributed by atoms with E-state index in [2.05, 4.69) is 16.8 Å². The van der Waals surface area contributed by atoms with E-state index in [-0.39, 0.29) is 14.3 Å². The summed E-state index contributed by atoms with van der Waals surface area (Å²) >= 11 is 0. The molecule has 1 aromatic carbocycles. The molecule has 0 saturated carbocycles. The minimum Gasteiger partial charge on any atom is -0.490 e. The Labute approximate surface area is 151 Å². The van der Waals surface area contributed by atoms with Crippen molar-refractivity contribution in [1.29, 1.82) is 0 Å². The van der Waals surface area contributed by atoms with Gasteiger partial charge in [0.05, 0.1) is 8.41 Å². The molecule has 1 unspecified atom stereocenters. The lowest BCUT2D eigenvalue weighted by Gasteiger charge is -2.50. The van der Waals surface area contributed by atoms with Gasteiger partial charge in [0, 0.05) is 19.2 Å². The van der Waals surface area contributed by atoms with Gasteiger partial charge in [-0.15, -0.1) is 6.58 Å². The summed E-state index contributed by atoms with van der Waals surface area (Å²) in [7, 11) is 0. The Morgan fingerprint density at radius 1 is 1.48 bits per heavy atom. The minimum atomic E-state index is -0.766. The van der Waals surface area contributed by atoms with Gasteiger partial charge in [0.1, 0.15) is 18.0 Å². The third-order valence-corrected chi connectivity index (χ3v) is 5.07. The Morgan fingerprint density at radius 2 is 2.20 bits per heavy atom. The van der Waals surface area contributed by atoms with Crippen LogP contribution in [0.2, 0.25) is 0 Å². The number of nitrogens with zero attached hydrogens (tertiary/aromatic N) is 1. The standard InChI is InChI=1S/C19H26N2O3.BH3/c1-3-4-15-11-17(20-14(2)22)5-6-18(15)24-13-19(23)12-21-9-7-16(19)8-10-21;/h3,5-6,11,16,23H,1,4,7-10,12-13H2,2H3,(H,20,22);1H3. The maximum Gasteiger partial charge on any atom is 0.221 e. The van der Waals surface area contributed by atoms with Crippen molar-refractivity contribution in [2.75, 3.05) is 31.6 Å². The van der Waals surface area contributed by atoms with Crippen molar-refractivity contribution in [3.63, 3.8) is 0 Å². The third-order valence-electron chi connectivity index (χ3n) is 5.07. The van der Waals surface area contributed by atoms with Crippen LogP contribution in [0.25, 0.3) is 0 Å². The Bertz CT molecular complexity index is 629. The molecule has 25 heavy (non-hydrogen) atoms. The molecular weight excluding hydrogens is 315 g/mol. The van der Waals surface area contributed by atoms with E-state index in [1.54, 1.807) is 0 Å². The van der Waals surface area contributed by atoms with Crippen LogP contribution in [-0.4, -0.2) is 56.2 Å². The van der Waals surface area contributed by atoms with Gasteiger partial charge >= 0.3 is 0 Å². The summed E-state index contributed by atoms with van der Waals surface area (Å²) in [5.74, 6) is 0.965. The highest BCUT2D eigenvalue weighted by Gasteiger charge is 2.46. The largest absolute Gasteiger partial charge is 0.490 e. The first kappa shape index (κ1) is 19.5. The highest BCUT2D eigenvalue weighted by atomic mass is 16.5. The van der Waals surface area contributed by atoms with Crippen molar-refractivity contribution in [1.82, 2.24) is 4.90 Å². The maximum atomic E-state index is 11.2. The van der Waals surface area contributed by atoms with E-state index < -0.39 is 5.60 Å². The van der Waals surface area contributed by atoms with Gasteiger partial charge in [-0.05, 0) is 62.0 Å². The molecule has 1 atom stereocenters. The first-order chi connectivity index (χ1) is 11.5. The number of piperidine rings is 3. The van der Waals surface area contributed by atoms with Crippen molar-refractivity contribution >= 4 is 20.0 Å². The number of amides is 1. The van der Waals surface area contributed by atoms with E-state index >= 15 is 0 Å². The predicted molar refractivity (Wildman–Crippen MR) is 104 cm³/mol. The van der Waals surface area contributed by atoms with Gasteiger partial charge in [-0.25, -0.2) is 0 Å². The van der Waals surface area contributed by atoms with Crippen LogP contribution in [0.1, 0.15) is 25.3 Å². The van der Waals surface area contributed by atoms with Gasteiger partial charge in [0.2, 0.25) is 5.91 Å². The van der Waals surface area contributed by atoms with Crippen LogP contribution < -0.4 is 10.1 Å². The van der Waals surface area contributed by atoms with Crippen LogP contribution in [0.4, 0.5) is 5.69 Å².